The van der Waals surface area contributed by atoms with E-state index in [1.54, 1.807) is 0 Å². The number of hydrazone groups is 1. The summed E-state index contributed by atoms with van der Waals surface area (Å²) in [5.74, 6) is -1.36. The Kier molecular flexibility index (Phi) is 5.10. The lowest BCUT2D eigenvalue weighted by atomic mass is 10.1. The lowest BCUT2D eigenvalue weighted by Crippen LogP contribution is -2.32. The van der Waals surface area contributed by atoms with Gasteiger partial charge >= 0.3 is 5.97 Å². The molecule has 1 heterocycles. The zero-order valence-corrected chi connectivity index (χ0v) is 13.4. The Morgan fingerprint density at radius 1 is 1.22 bits per heavy atom. The predicted octanol–water partition coefficient (Wildman–Crippen LogP) is 1.36. The second-order valence-electron chi connectivity index (χ2n) is 5.49. The van der Waals surface area contributed by atoms with Crippen molar-refractivity contribution < 1.29 is 19.1 Å². The quantitative estimate of drug-likeness (QED) is 0.819. The monoisotopic (exact) mass is 317 g/mol. The van der Waals surface area contributed by atoms with E-state index in [-0.39, 0.29) is 24.5 Å². The van der Waals surface area contributed by atoms with E-state index in [1.807, 2.05) is 32.9 Å². The highest BCUT2D eigenvalue weighted by Crippen LogP contribution is 2.21. The SMILES string of the molecule is Cc1cc(C)c(NC(=O)COC(=O)C2=NNC(=O)CC2)c(C)c1. The highest BCUT2D eigenvalue weighted by Gasteiger charge is 2.20. The lowest BCUT2D eigenvalue weighted by molar-refractivity contribution is -0.140. The number of hydrogen-bond acceptors (Lipinski definition) is 5. The Labute approximate surface area is 134 Å². The van der Waals surface area contributed by atoms with E-state index in [0.29, 0.717) is 0 Å². The Hall–Kier alpha value is -2.70. The summed E-state index contributed by atoms with van der Waals surface area (Å²) >= 11 is 0. The minimum absolute atomic E-state index is 0.111. The van der Waals surface area contributed by atoms with Crippen molar-refractivity contribution in [3.63, 3.8) is 0 Å². The second-order valence-corrected chi connectivity index (χ2v) is 5.49. The number of esters is 1. The van der Waals surface area contributed by atoms with Gasteiger partial charge in [-0.3, -0.25) is 9.59 Å². The van der Waals surface area contributed by atoms with Crippen LogP contribution in [0.15, 0.2) is 17.2 Å². The van der Waals surface area contributed by atoms with E-state index >= 15 is 0 Å². The number of aryl methyl sites for hydroxylation is 3. The molecule has 0 spiro atoms. The molecule has 2 N–H and O–H groups in total. The van der Waals surface area contributed by atoms with Crippen LogP contribution in [0, 0.1) is 20.8 Å². The Bertz CT molecular complexity index is 672. The Balaban J connectivity index is 1.91. The molecule has 0 bridgehead atoms. The van der Waals surface area contributed by atoms with Crippen LogP contribution in [-0.4, -0.2) is 30.1 Å². The molecule has 2 rings (SSSR count). The van der Waals surface area contributed by atoms with Gasteiger partial charge in [0, 0.05) is 18.5 Å². The van der Waals surface area contributed by atoms with Crippen molar-refractivity contribution >= 4 is 29.2 Å². The summed E-state index contributed by atoms with van der Waals surface area (Å²) in [5.41, 5.74) is 6.05. The fourth-order valence-corrected chi connectivity index (χ4v) is 2.39. The highest BCUT2D eigenvalue weighted by atomic mass is 16.5. The average molecular weight is 317 g/mol. The molecule has 1 aromatic rings. The molecule has 7 nitrogen and oxygen atoms in total. The van der Waals surface area contributed by atoms with Gasteiger partial charge in [-0.15, -0.1) is 0 Å². The van der Waals surface area contributed by atoms with Crippen molar-refractivity contribution in [1.82, 2.24) is 5.43 Å². The first-order valence-electron chi connectivity index (χ1n) is 7.27. The first-order chi connectivity index (χ1) is 10.9. The van der Waals surface area contributed by atoms with Gasteiger partial charge < -0.3 is 10.1 Å². The normalized spacial score (nSPS) is 13.9. The van der Waals surface area contributed by atoms with Crippen LogP contribution in [0.2, 0.25) is 0 Å². The van der Waals surface area contributed by atoms with Crippen molar-refractivity contribution in [3.05, 3.63) is 28.8 Å². The summed E-state index contributed by atoms with van der Waals surface area (Å²) in [6.45, 7) is 5.39. The van der Waals surface area contributed by atoms with Crippen LogP contribution < -0.4 is 10.7 Å². The zero-order chi connectivity index (χ0) is 17.0. The van der Waals surface area contributed by atoms with Crippen LogP contribution in [0.1, 0.15) is 29.5 Å². The van der Waals surface area contributed by atoms with Crippen molar-refractivity contribution in [2.45, 2.75) is 33.6 Å². The molecule has 0 radical (unpaired) electrons. The van der Waals surface area contributed by atoms with Crippen molar-refractivity contribution in [1.29, 1.82) is 0 Å². The van der Waals surface area contributed by atoms with Gasteiger partial charge in [0.2, 0.25) is 5.91 Å². The van der Waals surface area contributed by atoms with E-state index in [1.165, 1.54) is 0 Å². The topological polar surface area (TPSA) is 96.9 Å². The van der Waals surface area contributed by atoms with Crippen molar-refractivity contribution in [2.75, 3.05) is 11.9 Å². The molecular weight excluding hydrogens is 298 g/mol. The number of nitrogens with one attached hydrogen (secondary N) is 2. The van der Waals surface area contributed by atoms with Crippen LogP contribution in [0.5, 0.6) is 0 Å². The third-order valence-corrected chi connectivity index (χ3v) is 3.42. The number of nitrogens with zero attached hydrogens (tertiary/aromatic N) is 1. The number of ether oxygens (including phenoxy) is 1. The molecule has 1 aliphatic rings. The Morgan fingerprint density at radius 3 is 2.43 bits per heavy atom. The largest absolute Gasteiger partial charge is 0.451 e. The first-order valence-corrected chi connectivity index (χ1v) is 7.27. The van der Waals surface area contributed by atoms with E-state index < -0.39 is 18.5 Å². The van der Waals surface area contributed by atoms with Crippen LogP contribution in [-0.2, 0) is 19.1 Å². The van der Waals surface area contributed by atoms with Crippen molar-refractivity contribution in [3.8, 4) is 0 Å². The Morgan fingerprint density at radius 2 is 1.87 bits per heavy atom. The van der Waals surface area contributed by atoms with E-state index in [4.69, 9.17) is 4.74 Å². The summed E-state index contributed by atoms with van der Waals surface area (Å²) in [6, 6.07) is 3.93. The van der Waals surface area contributed by atoms with Crippen LogP contribution >= 0.6 is 0 Å². The van der Waals surface area contributed by atoms with Gasteiger partial charge in [0.25, 0.3) is 5.91 Å². The second kappa shape index (κ2) is 7.04. The van der Waals surface area contributed by atoms with Gasteiger partial charge in [0.1, 0.15) is 5.71 Å². The number of rotatable bonds is 4. The maximum absolute atomic E-state index is 11.9. The molecule has 0 saturated carbocycles. The van der Waals surface area contributed by atoms with Crippen LogP contribution in [0.25, 0.3) is 0 Å². The third-order valence-electron chi connectivity index (χ3n) is 3.42. The minimum Gasteiger partial charge on any atom is -0.451 e. The van der Waals surface area contributed by atoms with Gasteiger partial charge in [-0.05, 0) is 31.9 Å². The molecule has 0 atom stereocenters. The minimum atomic E-state index is -0.697. The summed E-state index contributed by atoms with van der Waals surface area (Å²) in [5, 5.41) is 6.37. The molecule has 23 heavy (non-hydrogen) atoms. The van der Waals surface area contributed by atoms with Gasteiger partial charge in [0.15, 0.2) is 6.61 Å². The molecule has 2 amide bonds. The zero-order valence-electron chi connectivity index (χ0n) is 13.4. The fourth-order valence-electron chi connectivity index (χ4n) is 2.39. The van der Waals surface area contributed by atoms with Crippen LogP contribution in [0.4, 0.5) is 5.69 Å². The number of anilines is 1. The number of hydrogen-bond donors (Lipinski definition) is 2. The van der Waals surface area contributed by atoms with Gasteiger partial charge in [-0.25, -0.2) is 10.2 Å². The smallest absolute Gasteiger partial charge is 0.355 e. The molecule has 7 heteroatoms. The third kappa shape index (κ3) is 4.38. The maximum atomic E-state index is 11.9. The molecule has 0 aliphatic carbocycles. The predicted molar refractivity (Wildman–Crippen MR) is 85.1 cm³/mol. The molecule has 0 aromatic heterocycles. The molecule has 0 unspecified atom stereocenters. The molecule has 0 saturated heterocycles. The van der Waals surface area contributed by atoms with E-state index in [2.05, 4.69) is 15.8 Å². The van der Waals surface area contributed by atoms with Crippen LogP contribution in [0.3, 0.4) is 0 Å². The maximum Gasteiger partial charge on any atom is 0.355 e. The molecule has 122 valence electrons. The number of carbonyl (C=O) groups is 3. The summed E-state index contributed by atoms with van der Waals surface area (Å²) < 4.78 is 4.92. The molecule has 0 fully saturated rings. The van der Waals surface area contributed by atoms with E-state index in [0.717, 1.165) is 22.4 Å². The molecule has 1 aromatic carbocycles. The standard InChI is InChI=1S/C16H19N3O4/c1-9-6-10(2)15(11(3)7-9)17-14(21)8-23-16(22)12-4-5-13(20)19-18-12/h6-7H,4-5,8H2,1-3H3,(H,17,21)(H,19,20). The molecule has 1 aliphatic heterocycles. The lowest BCUT2D eigenvalue weighted by Gasteiger charge is -2.14. The average Bonchev–Trinajstić information content (AvgIpc) is 2.49. The first kappa shape index (κ1) is 16.7. The van der Waals surface area contributed by atoms with E-state index in [9.17, 15) is 14.4 Å². The number of amides is 2. The number of benzene rings is 1. The summed E-state index contributed by atoms with van der Waals surface area (Å²) in [4.78, 5) is 34.7. The number of carbonyl (C=O) groups excluding carboxylic acids is 3. The summed E-state index contributed by atoms with van der Waals surface area (Å²) in [7, 11) is 0. The van der Waals surface area contributed by atoms with Gasteiger partial charge in [-0.2, -0.15) is 5.10 Å². The fraction of sp³-hybridized carbons (Fsp3) is 0.375. The highest BCUT2D eigenvalue weighted by molar-refractivity contribution is 6.37. The molecular formula is C16H19N3O4. The van der Waals surface area contributed by atoms with Gasteiger partial charge in [-0.1, -0.05) is 17.7 Å². The van der Waals surface area contributed by atoms with Crippen molar-refractivity contribution in [2.24, 2.45) is 5.10 Å². The summed E-state index contributed by atoms with van der Waals surface area (Å²) in [6.07, 6.45) is 0.393. The van der Waals surface area contributed by atoms with Gasteiger partial charge in [0.05, 0.1) is 0 Å².